The van der Waals surface area contributed by atoms with E-state index in [2.05, 4.69) is 20.3 Å². The van der Waals surface area contributed by atoms with Crippen LogP contribution in [0.5, 0.6) is 0 Å². The van der Waals surface area contributed by atoms with Gasteiger partial charge in [-0.3, -0.25) is 9.20 Å². The molecule has 1 atom stereocenters. The lowest BCUT2D eigenvalue weighted by Gasteiger charge is -2.20. The summed E-state index contributed by atoms with van der Waals surface area (Å²) >= 11 is 1.44. The van der Waals surface area contributed by atoms with Gasteiger partial charge >= 0.3 is 0 Å². The zero-order valence-electron chi connectivity index (χ0n) is 15.9. The van der Waals surface area contributed by atoms with Gasteiger partial charge in [0.2, 0.25) is 0 Å². The molecule has 1 N–H and O–H groups in total. The van der Waals surface area contributed by atoms with Crippen LogP contribution in [0.2, 0.25) is 0 Å². The van der Waals surface area contributed by atoms with Crippen molar-refractivity contribution in [1.29, 1.82) is 0 Å². The summed E-state index contributed by atoms with van der Waals surface area (Å²) in [6.45, 7) is 1.96. The van der Waals surface area contributed by atoms with Crippen molar-refractivity contribution in [3.05, 3.63) is 88.3 Å². The van der Waals surface area contributed by atoms with Crippen molar-refractivity contribution in [2.24, 2.45) is 0 Å². The van der Waals surface area contributed by atoms with E-state index in [0.717, 1.165) is 16.0 Å². The molecule has 0 aliphatic carbocycles. The number of hydrogen-bond acceptors (Lipinski definition) is 6. The molecule has 6 nitrogen and oxygen atoms in total. The number of benzene rings is 1. The number of nitrogens with one attached hydrogen (secondary N) is 1. The minimum absolute atomic E-state index is 0.261. The molecule has 8 heteroatoms. The largest absolute Gasteiger partial charge is 0.362 e. The molecule has 4 heterocycles. The van der Waals surface area contributed by atoms with Gasteiger partial charge in [0.25, 0.3) is 5.56 Å². The Morgan fingerprint density at radius 2 is 1.93 bits per heavy atom. The smallest absolute Gasteiger partial charge is 0.263 e. The Bertz CT molecular complexity index is 1430. The Labute approximate surface area is 174 Å². The van der Waals surface area contributed by atoms with Crippen LogP contribution in [-0.4, -0.2) is 19.4 Å². The molecular formula is C22H16FN5OS. The first-order valence-corrected chi connectivity index (χ1v) is 10.2. The fraction of sp³-hybridized carbons (Fsp3) is 0.0909. The minimum atomic E-state index is -0.463. The SMILES string of the molecule is C[C@H](Nc1ncnc2scnc12)c1cc2ccc(F)cn2c(=O)c1-c1ccccc1. The van der Waals surface area contributed by atoms with Crippen molar-refractivity contribution >= 4 is 33.0 Å². The highest BCUT2D eigenvalue weighted by Gasteiger charge is 2.19. The van der Waals surface area contributed by atoms with Gasteiger partial charge in [-0.2, -0.15) is 0 Å². The van der Waals surface area contributed by atoms with Gasteiger partial charge in [0, 0.05) is 11.7 Å². The van der Waals surface area contributed by atoms with E-state index < -0.39 is 5.82 Å². The molecule has 0 fully saturated rings. The Hall–Kier alpha value is -3.65. The molecule has 30 heavy (non-hydrogen) atoms. The van der Waals surface area contributed by atoms with Gasteiger partial charge in [-0.05, 0) is 36.2 Å². The molecule has 5 aromatic rings. The summed E-state index contributed by atoms with van der Waals surface area (Å²) in [5, 5.41) is 3.37. The number of halogens is 1. The van der Waals surface area contributed by atoms with Crippen LogP contribution in [0.4, 0.5) is 10.2 Å². The van der Waals surface area contributed by atoms with Gasteiger partial charge in [-0.1, -0.05) is 30.3 Å². The van der Waals surface area contributed by atoms with Gasteiger partial charge in [-0.15, -0.1) is 11.3 Å². The maximum atomic E-state index is 13.8. The number of aromatic nitrogens is 4. The van der Waals surface area contributed by atoms with Crippen LogP contribution in [0.3, 0.4) is 0 Å². The monoisotopic (exact) mass is 417 g/mol. The van der Waals surface area contributed by atoms with Crippen molar-refractivity contribution in [3.8, 4) is 11.1 Å². The molecule has 0 saturated heterocycles. The molecule has 0 radical (unpaired) electrons. The fourth-order valence-electron chi connectivity index (χ4n) is 3.57. The topological polar surface area (TPSA) is 72.2 Å². The van der Waals surface area contributed by atoms with Crippen molar-refractivity contribution in [1.82, 2.24) is 19.4 Å². The summed E-state index contributed by atoms with van der Waals surface area (Å²) in [4.78, 5) is 27.1. The van der Waals surface area contributed by atoms with E-state index in [0.29, 0.717) is 22.4 Å². The third-order valence-corrected chi connectivity index (χ3v) is 5.72. The highest BCUT2D eigenvalue weighted by atomic mass is 32.1. The molecule has 5 rings (SSSR count). The second-order valence-electron chi connectivity index (χ2n) is 6.88. The second kappa shape index (κ2) is 7.31. The molecule has 0 amide bonds. The van der Waals surface area contributed by atoms with Crippen LogP contribution >= 0.6 is 11.3 Å². The Balaban J connectivity index is 1.70. The first-order chi connectivity index (χ1) is 14.6. The molecule has 4 aromatic heterocycles. The number of nitrogens with zero attached hydrogens (tertiary/aromatic N) is 4. The number of anilines is 1. The molecule has 148 valence electrons. The maximum Gasteiger partial charge on any atom is 0.263 e. The number of rotatable bonds is 4. The standard InChI is InChI=1S/C22H16FN5OS/c1-13(27-20-19-21(25-11-24-20)30-12-26-19)17-9-16-8-7-15(23)10-28(16)22(29)18(17)14-5-3-2-4-6-14/h2-13H,1H3,(H,24,25,27)/t13-/m0/s1. The van der Waals surface area contributed by atoms with Gasteiger partial charge in [0.1, 0.15) is 22.5 Å². The average Bonchev–Trinajstić information content (AvgIpc) is 3.24. The second-order valence-corrected chi connectivity index (χ2v) is 7.72. The van der Waals surface area contributed by atoms with Gasteiger partial charge in [0.05, 0.1) is 17.1 Å². The first-order valence-electron chi connectivity index (χ1n) is 9.33. The Morgan fingerprint density at radius 1 is 1.10 bits per heavy atom. The first kappa shape index (κ1) is 18.4. The lowest BCUT2D eigenvalue weighted by Crippen LogP contribution is -2.21. The van der Waals surface area contributed by atoms with Crippen LogP contribution in [0, 0.1) is 5.82 Å². The summed E-state index contributed by atoms with van der Waals surface area (Å²) < 4.78 is 15.2. The zero-order valence-corrected chi connectivity index (χ0v) is 16.7. The summed E-state index contributed by atoms with van der Waals surface area (Å²) in [6, 6.07) is 14.0. The van der Waals surface area contributed by atoms with Gasteiger partial charge in [-0.25, -0.2) is 19.3 Å². The van der Waals surface area contributed by atoms with Crippen molar-refractivity contribution in [2.45, 2.75) is 13.0 Å². The molecule has 0 unspecified atom stereocenters. The van der Waals surface area contributed by atoms with Crippen molar-refractivity contribution in [2.75, 3.05) is 5.32 Å². The zero-order chi connectivity index (χ0) is 20.7. The van der Waals surface area contributed by atoms with Crippen LogP contribution < -0.4 is 10.9 Å². The lowest BCUT2D eigenvalue weighted by atomic mass is 9.96. The Kier molecular flexibility index (Phi) is 4.48. The molecule has 0 bridgehead atoms. The molecule has 0 spiro atoms. The highest BCUT2D eigenvalue weighted by Crippen LogP contribution is 2.30. The van der Waals surface area contributed by atoms with E-state index in [1.54, 1.807) is 11.6 Å². The average molecular weight is 417 g/mol. The molecule has 0 aliphatic rings. The van der Waals surface area contributed by atoms with Crippen LogP contribution in [0.25, 0.3) is 27.0 Å². The lowest BCUT2D eigenvalue weighted by molar-refractivity contribution is 0.618. The molecule has 1 aromatic carbocycles. The minimum Gasteiger partial charge on any atom is -0.362 e. The van der Waals surface area contributed by atoms with Gasteiger partial charge < -0.3 is 5.32 Å². The quantitative estimate of drug-likeness (QED) is 0.460. The number of fused-ring (bicyclic) bond motifs is 2. The van der Waals surface area contributed by atoms with Crippen molar-refractivity contribution < 1.29 is 4.39 Å². The predicted molar refractivity (Wildman–Crippen MR) is 116 cm³/mol. The third-order valence-electron chi connectivity index (χ3n) is 4.99. The molecular weight excluding hydrogens is 401 g/mol. The fourth-order valence-corrected chi connectivity index (χ4v) is 4.20. The predicted octanol–water partition coefficient (Wildman–Crippen LogP) is 4.68. The van der Waals surface area contributed by atoms with E-state index >= 15 is 0 Å². The van der Waals surface area contributed by atoms with Crippen LogP contribution in [-0.2, 0) is 0 Å². The van der Waals surface area contributed by atoms with E-state index in [9.17, 15) is 9.18 Å². The van der Waals surface area contributed by atoms with Crippen molar-refractivity contribution in [3.63, 3.8) is 0 Å². The molecule has 0 saturated carbocycles. The van der Waals surface area contributed by atoms with E-state index in [4.69, 9.17) is 0 Å². The third kappa shape index (κ3) is 3.11. The Morgan fingerprint density at radius 3 is 2.77 bits per heavy atom. The number of hydrogen-bond donors (Lipinski definition) is 1. The van der Waals surface area contributed by atoms with Gasteiger partial charge in [0.15, 0.2) is 5.82 Å². The maximum absolute atomic E-state index is 13.8. The number of thiazole rings is 1. The summed E-state index contributed by atoms with van der Waals surface area (Å²) in [7, 11) is 0. The highest BCUT2D eigenvalue weighted by molar-refractivity contribution is 7.16. The van der Waals surface area contributed by atoms with Crippen LogP contribution in [0.1, 0.15) is 18.5 Å². The number of pyridine rings is 2. The molecule has 0 aliphatic heterocycles. The van der Waals surface area contributed by atoms with E-state index in [-0.39, 0.29) is 11.6 Å². The van der Waals surface area contributed by atoms with E-state index in [1.807, 2.05) is 43.3 Å². The summed E-state index contributed by atoms with van der Waals surface area (Å²) in [5.41, 5.74) is 4.83. The van der Waals surface area contributed by atoms with E-state index in [1.165, 1.54) is 34.3 Å². The summed E-state index contributed by atoms with van der Waals surface area (Å²) in [5.74, 6) is 0.140. The van der Waals surface area contributed by atoms with Crippen LogP contribution in [0.15, 0.2) is 71.4 Å². The normalized spacial score (nSPS) is 12.3. The summed E-state index contributed by atoms with van der Waals surface area (Å²) in [6.07, 6.45) is 2.71.